The number of hydrogen-bond donors (Lipinski definition) is 1. The number of unbranched alkanes of at least 4 members (excludes halogenated alkanes) is 2. The van der Waals surface area contributed by atoms with Crippen molar-refractivity contribution in [3.8, 4) is 0 Å². The largest absolute Gasteiger partial charge is 0.416 e. The van der Waals surface area contributed by atoms with Crippen LogP contribution >= 0.6 is 11.8 Å². The first-order valence-electron chi connectivity index (χ1n) is 32.3. The normalized spacial score (nSPS) is 15.8. The molecule has 0 radical (unpaired) electrons. The lowest BCUT2D eigenvalue weighted by atomic mass is 9.75. The van der Waals surface area contributed by atoms with Crippen molar-refractivity contribution in [3.05, 3.63) is 53.1 Å². The molecular formula is C71H151F7N2OS. The van der Waals surface area contributed by atoms with Gasteiger partial charge in [0, 0.05) is 32.0 Å². The average molecular weight is 1210 g/mol. The standard InChI is InChI=1S/C8H7F3.C6H11F.C6H12.C5H8N2.3C5H12.C4H8F2.C4H9F.2C4H10.C3H8O.C3H8S.3C3H8/c1-6-3-2-4-7(5-6)8(9,10)11;1-5-3-6(2,7)4-5;1-5-3-6(2)4-5;1-4-3-6-5(2)7-4;1-5(2,3)4;2*1-4-5(2)3;1-3-4(2,5)6;1-3-4(2)5;4*1-3-4-2;3*1-3-2/h2-5H,1H3;5H,3-4H2,1-2H3;5-6H,3-4H2,1-2H3;3H,1-2H3,(H,6,7);1-4H3;2*5H,4H2,1-3H3;3H2,1-2H3;4H,3H2,1-2H3;2*3-4H2,1-2H3;2*3H2,1-2H3;3*3H2,1-2H3. The third-order valence-electron chi connectivity index (χ3n) is 9.73. The molecule has 2 aliphatic rings. The molecule has 0 spiro atoms. The van der Waals surface area contributed by atoms with E-state index in [0.29, 0.717) is 23.3 Å². The zero-order valence-corrected chi connectivity index (χ0v) is 62.6. The van der Waals surface area contributed by atoms with Crippen molar-refractivity contribution in [3.63, 3.8) is 0 Å². The zero-order valence-electron chi connectivity index (χ0n) is 61.8. The van der Waals surface area contributed by atoms with Gasteiger partial charge in [-0.1, -0.05) is 262 Å². The zero-order chi connectivity index (χ0) is 68.2. The molecule has 2 fully saturated rings. The number of hydrogen-bond acceptors (Lipinski definition) is 3. The van der Waals surface area contributed by atoms with Gasteiger partial charge in [-0.15, -0.1) is 0 Å². The summed E-state index contributed by atoms with van der Waals surface area (Å²) in [5.41, 5.74) is 0.856. The van der Waals surface area contributed by atoms with Crippen LogP contribution in [0.15, 0.2) is 30.5 Å². The van der Waals surface area contributed by atoms with Crippen molar-refractivity contribution in [2.24, 2.45) is 35.0 Å². The molecule has 3 nitrogen and oxygen atoms in total. The van der Waals surface area contributed by atoms with Crippen LogP contribution in [0, 0.1) is 55.8 Å². The third-order valence-corrected chi connectivity index (χ3v) is 10.3. The number of nitrogens with zero attached hydrogens (tertiary/aromatic N) is 1. The van der Waals surface area contributed by atoms with E-state index in [9.17, 15) is 30.7 Å². The number of alkyl halides is 7. The molecule has 1 unspecified atom stereocenters. The number of methoxy groups -OCH3 is 1. The van der Waals surface area contributed by atoms with E-state index in [2.05, 4.69) is 187 Å². The van der Waals surface area contributed by atoms with E-state index >= 15 is 0 Å². The van der Waals surface area contributed by atoms with Gasteiger partial charge in [-0.2, -0.15) is 24.9 Å². The maximum Gasteiger partial charge on any atom is 0.416 e. The summed E-state index contributed by atoms with van der Waals surface area (Å²) in [7, 11) is 1.68. The van der Waals surface area contributed by atoms with E-state index in [1.807, 2.05) is 45.7 Å². The quantitative estimate of drug-likeness (QED) is 0.268. The highest BCUT2D eigenvalue weighted by atomic mass is 32.2. The van der Waals surface area contributed by atoms with Crippen LogP contribution in [0.2, 0.25) is 0 Å². The van der Waals surface area contributed by atoms with Gasteiger partial charge in [0.2, 0.25) is 5.92 Å². The molecule has 0 saturated heterocycles. The van der Waals surface area contributed by atoms with E-state index in [0.717, 1.165) is 73.7 Å². The van der Waals surface area contributed by atoms with Crippen molar-refractivity contribution in [2.45, 2.75) is 349 Å². The van der Waals surface area contributed by atoms with Crippen LogP contribution < -0.4 is 0 Å². The Kier molecular flexibility index (Phi) is 105. The molecule has 1 atom stereocenters. The number of aromatic amines is 1. The minimum Gasteiger partial charge on any atom is -0.385 e. The van der Waals surface area contributed by atoms with Crippen molar-refractivity contribution < 1.29 is 35.5 Å². The fourth-order valence-corrected chi connectivity index (χ4v) is 4.06. The molecule has 2 saturated carbocycles. The second kappa shape index (κ2) is 79.2. The second-order valence-electron chi connectivity index (χ2n) is 24.1. The molecule has 1 aromatic carbocycles. The minimum atomic E-state index is -4.22. The van der Waals surface area contributed by atoms with Gasteiger partial charge in [-0.05, 0) is 134 Å². The Labute approximate surface area is 517 Å². The van der Waals surface area contributed by atoms with Gasteiger partial charge in [-0.3, -0.25) is 0 Å². The monoisotopic (exact) mass is 1210 g/mol. The summed E-state index contributed by atoms with van der Waals surface area (Å²) >= 11 is 1.86. The Balaban J connectivity index is -0.0000000647. The smallest absolute Gasteiger partial charge is 0.385 e. The van der Waals surface area contributed by atoms with E-state index in [1.54, 1.807) is 33.9 Å². The highest BCUT2D eigenvalue weighted by molar-refractivity contribution is 7.98. The summed E-state index contributed by atoms with van der Waals surface area (Å²) in [6, 6.07) is 5.22. The summed E-state index contributed by atoms with van der Waals surface area (Å²) in [6.07, 6.45) is 15.8. The highest BCUT2D eigenvalue weighted by Crippen LogP contribution is 2.40. The molecule has 1 aromatic heterocycles. The summed E-state index contributed by atoms with van der Waals surface area (Å²) < 4.78 is 87.2. The Morgan fingerprint density at radius 3 is 0.976 bits per heavy atom. The second-order valence-corrected chi connectivity index (χ2v) is 25.3. The average Bonchev–Trinajstić information content (AvgIpc) is 3.75. The van der Waals surface area contributed by atoms with E-state index in [1.165, 1.54) is 89.4 Å². The maximum atomic E-state index is 12.5. The van der Waals surface area contributed by atoms with Gasteiger partial charge in [-0.25, -0.2) is 22.5 Å². The topological polar surface area (TPSA) is 37.9 Å². The molecule has 4 rings (SSSR count). The van der Waals surface area contributed by atoms with Gasteiger partial charge in [0.15, 0.2) is 0 Å². The lowest BCUT2D eigenvalue weighted by Crippen LogP contribution is -2.34. The van der Waals surface area contributed by atoms with Gasteiger partial charge in [0.25, 0.3) is 0 Å². The first-order valence-corrected chi connectivity index (χ1v) is 33.6. The molecule has 506 valence electrons. The predicted molar refractivity (Wildman–Crippen MR) is 368 cm³/mol. The first-order chi connectivity index (χ1) is 37.4. The van der Waals surface area contributed by atoms with Crippen LogP contribution in [0.5, 0.6) is 0 Å². The van der Waals surface area contributed by atoms with Gasteiger partial charge >= 0.3 is 6.18 Å². The van der Waals surface area contributed by atoms with Gasteiger partial charge < -0.3 is 9.72 Å². The molecule has 2 aromatic rings. The molecule has 1 heterocycles. The number of benzene rings is 1. The predicted octanol–water partition coefficient (Wildman–Crippen LogP) is 28.1. The van der Waals surface area contributed by atoms with E-state index in [4.69, 9.17) is 0 Å². The maximum absolute atomic E-state index is 12.5. The Morgan fingerprint density at radius 2 is 0.915 bits per heavy atom. The third kappa shape index (κ3) is 159. The summed E-state index contributed by atoms with van der Waals surface area (Å²) in [5.74, 6) is 4.25. The number of aryl methyl sites for hydroxylation is 3. The molecule has 11 heteroatoms. The van der Waals surface area contributed by atoms with Crippen molar-refractivity contribution in [1.82, 2.24) is 9.97 Å². The number of imidazole rings is 1. The fraction of sp³-hybridized carbons (Fsp3) is 0.873. The lowest BCUT2D eigenvalue weighted by Gasteiger charge is -2.36. The molecule has 2 aliphatic carbocycles. The molecular weight excluding hydrogens is 1060 g/mol. The Morgan fingerprint density at radius 1 is 0.634 bits per heavy atom. The highest BCUT2D eigenvalue weighted by Gasteiger charge is 2.37. The number of H-pyrrole nitrogens is 1. The Bertz CT molecular complexity index is 1260. The minimum absolute atomic E-state index is 0.0625. The number of ether oxygens (including phenoxy) is 1. The first kappa shape index (κ1) is 108. The van der Waals surface area contributed by atoms with Crippen LogP contribution in [0.1, 0.15) is 327 Å². The van der Waals surface area contributed by atoms with Crippen molar-refractivity contribution in [2.75, 3.05) is 25.7 Å². The molecule has 0 amide bonds. The molecule has 0 bridgehead atoms. The van der Waals surface area contributed by atoms with Crippen LogP contribution in [-0.4, -0.2) is 53.5 Å². The number of aromatic nitrogens is 2. The van der Waals surface area contributed by atoms with E-state index in [-0.39, 0.29) is 6.42 Å². The summed E-state index contributed by atoms with van der Waals surface area (Å²) in [5, 5.41) is 0. The van der Waals surface area contributed by atoms with Crippen LogP contribution in [-0.2, 0) is 10.9 Å². The molecule has 1 N–H and O–H groups in total. The molecule has 82 heavy (non-hydrogen) atoms. The number of halogens is 7. The molecule has 0 aliphatic heterocycles. The van der Waals surface area contributed by atoms with E-state index < -0.39 is 29.5 Å². The number of rotatable bonds is 8. The SMILES string of the molecule is CC(C)(C)C.CC1CC(C)(F)C1.CC1CC(C)C1.CCC.CCC.CCC.CCC(C)(F)F.CCC(C)C.CCC(C)C.CCC(C)F.CCCC.CCCC.CCOC.CCSC.Cc1cccc(C(F)(F)F)c1.Cc1cnc(C)[nH]1. The van der Waals surface area contributed by atoms with Crippen LogP contribution in [0.4, 0.5) is 30.7 Å². The van der Waals surface area contributed by atoms with Crippen LogP contribution in [0.25, 0.3) is 0 Å². The fourth-order valence-electron chi connectivity index (χ4n) is 4.06. The Hall–Kier alpha value is -1.75. The number of nitrogens with one attached hydrogen (secondary N) is 1. The van der Waals surface area contributed by atoms with Gasteiger partial charge in [0.1, 0.15) is 11.5 Å². The summed E-state index contributed by atoms with van der Waals surface area (Å²) in [6.45, 7) is 68.1. The van der Waals surface area contributed by atoms with Crippen molar-refractivity contribution >= 4 is 11.8 Å². The van der Waals surface area contributed by atoms with Crippen LogP contribution in [0.3, 0.4) is 0 Å². The van der Waals surface area contributed by atoms with Crippen molar-refractivity contribution in [1.29, 1.82) is 0 Å². The van der Waals surface area contributed by atoms with Gasteiger partial charge in [0.05, 0.1) is 11.7 Å². The summed E-state index contributed by atoms with van der Waals surface area (Å²) in [4.78, 5) is 6.99. The lowest BCUT2D eigenvalue weighted by molar-refractivity contribution is -0.137. The number of thioether (sulfide) groups is 1.